The second-order valence-electron chi connectivity index (χ2n) is 3.67. The van der Waals surface area contributed by atoms with Gasteiger partial charge in [-0.2, -0.15) is 0 Å². The van der Waals surface area contributed by atoms with Crippen LogP contribution in [-0.2, 0) is 9.53 Å². The standard InChI is InChI=1S/C12H10N2O3S2/c1-17-11(16)8-4-2-7(3-5-8)6-9-10(15)14(13)12(18)19-9/h2-6H,13H2,1H3/b9-6-. The predicted molar refractivity (Wildman–Crippen MR) is 77.0 cm³/mol. The Balaban J connectivity index is 2.23. The molecule has 0 spiro atoms. The van der Waals surface area contributed by atoms with Gasteiger partial charge in [-0.25, -0.2) is 15.6 Å². The van der Waals surface area contributed by atoms with E-state index in [0.717, 1.165) is 22.3 Å². The molecule has 0 radical (unpaired) electrons. The number of thiocarbonyl (C=S) groups is 1. The molecule has 19 heavy (non-hydrogen) atoms. The number of thioether (sulfide) groups is 1. The second kappa shape index (κ2) is 5.52. The molecule has 0 atom stereocenters. The van der Waals surface area contributed by atoms with Crippen molar-refractivity contribution in [2.45, 2.75) is 0 Å². The average molecular weight is 294 g/mol. The Morgan fingerprint density at radius 2 is 2.05 bits per heavy atom. The molecule has 1 fully saturated rings. The molecule has 2 rings (SSSR count). The van der Waals surface area contributed by atoms with Crippen LogP contribution in [0.25, 0.3) is 6.08 Å². The Hall–Kier alpha value is -1.70. The first-order valence-corrected chi connectivity index (χ1v) is 6.46. The molecule has 2 N–H and O–H groups in total. The number of benzene rings is 1. The van der Waals surface area contributed by atoms with E-state index in [1.54, 1.807) is 30.3 Å². The summed E-state index contributed by atoms with van der Waals surface area (Å²) in [6.45, 7) is 0. The zero-order chi connectivity index (χ0) is 14.0. The Morgan fingerprint density at radius 3 is 2.53 bits per heavy atom. The number of hydrazine groups is 1. The second-order valence-corrected chi connectivity index (χ2v) is 5.34. The van der Waals surface area contributed by atoms with E-state index in [9.17, 15) is 9.59 Å². The molecule has 0 bridgehead atoms. The fraction of sp³-hybridized carbons (Fsp3) is 0.0833. The zero-order valence-corrected chi connectivity index (χ0v) is 11.6. The van der Waals surface area contributed by atoms with E-state index >= 15 is 0 Å². The smallest absolute Gasteiger partial charge is 0.337 e. The van der Waals surface area contributed by atoms with Crippen molar-refractivity contribution < 1.29 is 14.3 Å². The first-order chi connectivity index (χ1) is 9.02. The summed E-state index contributed by atoms with van der Waals surface area (Å²) in [5.41, 5.74) is 1.23. The maximum atomic E-state index is 11.7. The van der Waals surface area contributed by atoms with Crippen molar-refractivity contribution in [3.63, 3.8) is 0 Å². The Labute approximate surface area is 119 Å². The molecule has 1 aromatic carbocycles. The van der Waals surface area contributed by atoms with Crippen molar-refractivity contribution in [2.75, 3.05) is 7.11 Å². The minimum absolute atomic E-state index is 0.322. The molecular formula is C12H10N2O3S2. The summed E-state index contributed by atoms with van der Waals surface area (Å²) < 4.78 is 4.92. The van der Waals surface area contributed by atoms with Crippen molar-refractivity contribution in [1.82, 2.24) is 5.01 Å². The number of ether oxygens (including phenoxy) is 1. The van der Waals surface area contributed by atoms with Crippen LogP contribution >= 0.6 is 24.0 Å². The van der Waals surface area contributed by atoms with E-state index < -0.39 is 5.97 Å². The molecule has 0 aliphatic carbocycles. The van der Waals surface area contributed by atoms with Gasteiger partial charge < -0.3 is 4.74 Å². The molecule has 1 aliphatic heterocycles. The van der Waals surface area contributed by atoms with Gasteiger partial charge in [-0.05, 0) is 23.8 Å². The maximum Gasteiger partial charge on any atom is 0.337 e. The van der Waals surface area contributed by atoms with Crippen LogP contribution in [-0.4, -0.2) is 28.3 Å². The summed E-state index contributed by atoms with van der Waals surface area (Å²) >= 11 is 6.07. The third-order valence-corrected chi connectivity index (χ3v) is 3.78. The summed E-state index contributed by atoms with van der Waals surface area (Å²) in [4.78, 5) is 23.4. The Morgan fingerprint density at radius 1 is 1.42 bits per heavy atom. The van der Waals surface area contributed by atoms with Crippen LogP contribution < -0.4 is 5.84 Å². The third-order valence-electron chi connectivity index (χ3n) is 2.45. The minimum atomic E-state index is -0.403. The van der Waals surface area contributed by atoms with Crippen molar-refractivity contribution in [2.24, 2.45) is 5.84 Å². The van der Waals surface area contributed by atoms with Gasteiger partial charge in [-0.15, -0.1) is 0 Å². The lowest BCUT2D eigenvalue weighted by molar-refractivity contribution is -0.122. The number of amides is 1. The highest BCUT2D eigenvalue weighted by atomic mass is 32.2. The molecule has 1 amide bonds. The van der Waals surface area contributed by atoms with Gasteiger partial charge in [0.25, 0.3) is 5.91 Å². The van der Waals surface area contributed by atoms with Crippen LogP contribution in [0, 0.1) is 0 Å². The van der Waals surface area contributed by atoms with Crippen LogP contribution in [0.5, 0.6) is 0 Å². The number of rotatable bonds is 2. The van der Waals surface area contributed by atoms with Crippen molar-refractivity contribution in [1.29, 1.82) is 0 Å². The normalized spacial score (nSPS) is 17.2. The molecule has 1 aromatic rings. The van der Waals surface area contributed by atoms with Gasteiger partial charge in [0, 0.05) is 0 Å². The van der Waals surface area contributed by atoms with E-state index in [2.05, 4.69) is 4.74 Å². The fourth-order valence-electron chi connectivity index (χ4n) is 1.46. The molecule has 0 saturated carbocycles. The van der Waals surface area contributed by atoms with Crippen molar-refractivity contribution in [3.05, 3.63) is 40.3 Å². The average Bonchev–Trinajstić information content (AvgIpc) is 2.66. The molecule has 1 saturated heterocycles. The quantitative estimate of drug-likeness (QED) is 0.293. The first kappa shape index (κ1) is 13.7. The van der Waals surface area contributed by atoms with E-state index in [1.807, 2.05) is 0 Å². The first-order valence-electron chi connectivity index (χ1n) is 5.24. The molecular weight excluding hydrogens is 284 g/mol. The summed E-state index contributed by atoms with van der Waals surface area (Å²) in [5, 5.41) is 0.939. The number of nitrogens with two attached hydrogens (primary N) is 1. The lowest BCUT2D eigenvalue weighted by atomic mass is 10.1. The lowest BCUT2D eigenvalue weighted by Crippen LogP contribution is -2.34. The number of carbonyl (C=O) groups excluding carboxylic acids is 2. The molecule has 7 heteroatoms. The SMILES string of the molecule is COC(=O)c1ccc(/C=C2\SC(=S)N(N)C2=O)cc1. The number of hydrogen-bond acceptors (Lipinski definition) is 6. The largest absolute Gasteiger partial charge is 0.465 e. The molecule has 0 aromatic heterocycles. The number of carbonyl (C=O) groups is 2. The van der Waals surface area contributed by atoms with Gasteiger partial charge in [0.2, 0.25) is 0 Å². The monoisotopic (exact) mass is 294 g/mol. The number of nitrogens with zero attached hydrogens (tertiary/aromatic N) is 1. The van der Waals surface area contributed by atoms with Gasteiger partial charge in [0.05, 0.1) is 17.6 Å². The summed E-state index contributed by atoms with van der Waals surface area (Å²) in [5.74, 6) is 4.74. The summed E-state index contributed by atoms with van der Waals surface area (Å²) in [6.07, 6.45) is 1.67. The Kier molecular flexibility index (Phi) is 3.98. The number of methoxy groups -OCH3 is 1. The number of esters is 1. The molecule has 98 valence electrons. The zero-order valence-electron chi connectivity index (χ0n) is 9.95. The van der Waals surface area contributed by atoms with Gasteiger partial charge in [0.15, 0.2) is 4.32 Å². The molecule has 0 unspecified atom stereocenters. The predicted octanol–water partition coefficient (Wildman–Crippen LogP) is 1.55. The highest BCUT2D eigenvalue weighted by Crippen LogP contribution is 2.30. The topological polar surface area (TPSA) is 72.6 Å². The number of hydrogen-bond donors (Lipinski definition) is 1. The van der Waals surface area contributed by atoms with Gasteiger partial charge >= 0.3 is 5.97 Å². The maximum absolute atomic E-state index is 11.7. The lowest BCUT2D eigenvalue weighted by Gasteiger charge is -2.03. The third kappa shape index (κ3) is 2.83. The van der Waals surface area contributed by atoms with Gasteiger partial charge in [0.1, 0.15) is 0 Å². The van der Waals surface area contributed by atoms with Gasteiger partial charge in [-0.3, -0.25) is 4.79 Å². The van der Waals surface area contributed by atoms with E-state index in [1.165, 1.54) is 7.11 Å². The fourth-order valence-corrected chi connectivity index (χ4v) is 2.57. The van der Waals surface area contributed by atoms with E-state index in [0.29, 0.717) is 14.8 Å². The molecule has 1 heterocycles. The summed E-state index contributed by atoms with van der Waals surface area (Å²) in [6, 6.07) is 6.69. The van der Waals surface area contributed by atoms with Crippen LogP contribution in [0.3, 0.4) is 0 Å². The van der Waals surface area contributed by atoms with E-state index in [-0.39, 0.29) is 5.91 Å². The molecule has 1 aliphatic rings. The Bertz CT molecular complexity index is 581. The van der Waals surface area contributed by atoms with Crippen LogP contribution in [0.4, 0.5) is 0 Å². The van der Waals surface area contributed by atoms with Crippen LogP contribution in [0.2, 0.25) is 0 Å². The minimum Gasteiger partial charge on any atom is -0.465 e. The van der Waals surface area contributed by atoms with Crippen LogP contribution in [0.1, 0.15) is 15.9 Å². The summed E-state index contributed by atoms with van der Waals surface area (Å²) in [7, 11) is 1.32. The van der Waals surface area contributed by atoms with Crippen molar-refractivity contribution in [3.8, 4) is 0 Å². The highest BCUT2D eigenvalue weighted by molar-refractivity contribution is 8.26. The highest BCUT2D eigenvalue weighted by Gasteiger charge is 2.29. The molecule has 5 nitrogen and oxygen atoms in total. The van der Waals surface area contributed by atoms with Crippen LogP contribution in [0.15, 0.2) is 29.2 Å². The van der Waals surface area contributed by atoms with E-state index in [4.69, 9.17) is 18.1 Å². The van der Waals surface area contributed by atoms with Crippen molar-refractivity contribution >= 4 is 46.3 Å². The van der Waals surface area contributed by atoms with Gasteiger partial charge in [-0.1, -0.05) is 36.1 Å².